The number of pyridine rings is 1. The molecule has 0 aliphatic carbocycles. The maximum atomic E-state index is 5.45. The van der Waals surface area contributed by atoms with E-state index in [9.17, 15) is 0 Å². The summed E-state index contributed by atoms with van der Waals surface area (Å²) in [7, 11) is 0. The van der Waals surface area contributed by atoms with Crippen molar-refractivity contribution >= 4 is 23.5 Å². The van der Waals surface area contributed by atoms with Gasteiger partial charge in [0.05, 0.1) is 13.2 Å². The number of ether oxygens (including phenoxy) is 1. The smallest absolute Gasteiger partial charge is 0.164 e. The quantitative estimate of drug-likeness (QED) is 0.793. The Morgan fingerprint density at radius 1 is 1.27 bits per heavy atom. The van der Waals surface area contributed by atoms with Crippen LogP contribution in [0.3, 0.4) is 0 Å². The number of nitrogens with zero attached hydrogens (tertiary/aromatic N) is 4. The van der Waals surface area contributed by atoms with Crippen molar-refractivity contribution in [2.75, 3.05) is 48.4 Å². The van der Waals surface area contributed by atoms with Crippen LogP contribution in [0.1, 0.15) is 12.5 Å². The Labute approximate surface area is 153 Å². The van der Waals surface area contributed by atoms with E-state index < -0.39 is 0 Å². The van der Waals surface area contributed by atoms with Gasteiger partial charge in [-0.1, -0.05) is 19.2 Å². The first-order valence-electron chi connectivity index (χ1n) is 8.71. The highest BCUT2D eigenvalue weighted by molar-refractivity contribution is 5.79. The highest BCUT2D eigenvalue weighted by Gasteiger charge is 2.17. The average molecular weight is 352 g/mol. The van der Waals surface area contributed by atoms with Crippen molar-refractivity contribution in [3.63, 3.8) is 0 Å². The van der Waals surface area contributed by atoms with Crippen LogP contribution >= 0.6 is 0 Å². The molecule has 0 amide bonds. The number of hydrogen-bond acceptors (Lipinski definition) is 7. The van der Waals surface area contributed by atoms with E-state index in [1.165, 1.54) is 0 Å². The Kier molecular flexibility index (Phi) is 5.80. The van der Waals surface area contributed by atoms with Gasteiger partial charge in [0.15, 0.2) is 5.82 Å². The summed E-state index contributed by atoms with van der Waals surface area (Å²) in [5.74, 6) is 3.00. The fourth-order valence-corrected chi connectivity index (χ4v) is 2.87. The van der Waals surface area contributed by atoms with Crippen molar-refractivity contribution in [2.45, 2.75) is 6.92 Å². The Hall–Kier alpha value is -2.93. The number of anilines is 3. The molecule has 2 N–H and O–H groups in total. The maximum absolute atomic E-state index is 5.45. The van der Waals surface area contributed by atoms with Gasteiger partial charge >= 0.3 is 0 Å². The van der Waals surface area contributed by atoms with E-state index in [1.807, 2.05) is 19.1 Å². The van der Waals surface area contributed by atoms with Crippen LogP contribution in [0.15, 0.2) is 37.7 Å². The predicted molar refractivity (Wildman–Crippen MR) is 106 cm³/mol. The van der Waals surface area contributed by atoms with Crippen LogP contribution in [0.5, 0.6) is 0 Å². The molecule has 1 aliphatic rings. The number of aromatic nitrogens is 3. The van der Waals surface area contributed by atoms with Crippen molar-refractivity contribution in [3.05, 3.63) is 43.3 Å². The molecule has 0 spiro atoms. The summed E-state index contributed by atoms with van der Waals surface area (Å²) in [5, 5.41) is 6.33. The van der Waals surface area contributed by atoms with Crippen LogP contribution in [-0.4, -0.2) is 47.8 Å². The molecule has 7 heteroatoms. The summed E-state index contributed by atoms with van der Waals surface area (Å²) >= 11 is 0. The second kappa shape index (κ2) is 8.44. The Morgan fingerprint density at radius 3 is 2.77 bits per heavy atom. The topological polar surface area (TPSA) is 75.2 Å². The van der Waals surface area contributed by atoms with E-state index >= 15 is 0 Å². The molecule has 1 saturated heterocycles. The predicted octanol–water partition coefficient (Wildman–Crippen LogP) is 3.01. The first-order chi connectivity index (χ1) is 12.8. The van der Waals surface area contributed by atoms with Crippen LogP contribution in [0.25, 0.3) is 17.5 Å². The molecular formula is C19H24N6O. The number of rotatable bonds is 7. The standard InChI is InChI=1S/C19H24N6O/c1-4-14-15(7-8-22-18(14)21-6-3)19-23-16(20-5-2)13-17(24-19)25-9-11-26-12-10-25/h4,6-8,13H,1,3,5,9-12H2,2H3,(H,21,22)(H,20,23,24). The summed E-state index contributed by atoms with van der Waals surface area (Å²) in [6.45, 7) is 13.5. The summed E-state index contributed by atoms with van der Waals surface area (Å²) in [6.07, 6.45) is 5.08. The van der Waals surface area contributed by atoms with Gasteiger partial charge < -0.3 is 20.3 Å². The fraction of sp³-hybridized carbons (Fsp3) is 0.316. The van der Waals surface area contributed by atoms with Crippen LogP contribution < -0.4 is 15.5 Å². The normalized spacial score (nSPS) is 14.0. The van der Waals surface area contributed by atoms with Crippen LogP contribution in [0.2, 0.25) is 0 Å². The molecule has 0 radical (unpaired) electrons. The van der Waals surface area contributed by atoms with Gasteiger partial charge in [0.1, 0.15) is 17.5 Å². The molecule has 2 aromatic heterocycles. The van der Waals surface area contributed by atoms with Crippen molar-refractivity contribution in [1.29, 1.82) is 0 Å². The first-order valence-corrected chi connectivity index (χ1v) is 8.71. The molecule has 3 rings (SSSR count). The van der Waals surface area contributed by atoms with Crippen LogP contribution in [0, 0.1) is 0 Å². The molecule has 1 fully saturated rings. The lowest BCUT2D eigenvalue weighted by atomic mass is 10.1. The Balaban J connectivity index is 2.08. The molecule has 0 saturated carbocycles. The molecule has 0 unspecified atom stereocenters. The van der Waals surface area contributed by atoms with Crippen molar-refractivity contribution in [1.82, 2.24) is 15.0 Å². The number of hydrogen-bond donors (Lipinski definition) is 2. The van der Waals surface area contributed by atoms with Gasteiger partial charge in [0.25, 0.3) is 0 Å². The molecule has 2 aromatic rings. The van der Waals surface area contributed by atoms with E-state index in [-0.39, 0.29) is 0 Å². The lowest BCUT2D eigenvalue weighted by Crippen LogP contribution is -2.36. The van der Waals surface area contributed by atoms with Crippen molar-refractivity contribution in [2.24, 2.45) is 0 Å². The zero-order chi connectivity index (χ0) is 18.4. The van der Waals surface area contributed by atoms with E-state index in [1.54, 1.807) is 18.5 Å². The van der Waals surface area contributed by atoms with E-state index in [0.717, 1.165) is 42.4 Å². The van der Waals surface area contributed by atoms with Crippen LogP contribution in [-0.2, 0) is 4.74 Å². The monoisotopic (exact) mass is 352 g/mol. The molecule has 0 bridgehead atoms. The van der Waals surface area contributed by atoms with Crippen LogP contribution in [0.4, 0.5) is 17.5 Å². The minimum Gasteiger partial charge on any atom is -0.378 e. The Morgan fingerprint density at radius 2 is 2.08 bits per heavy atom. The minimum atomic E-state index is 0.634. The third kappa shape index (κ3) is 3.83. The SMILES string of the molecule is C=CNc1nccc(-c2nc(NCC)cc(N3CCOCC3)n2)c1C=C. The highest BCUT2D eigenvalue weighted by atomic mass is 16.5. The molecule has 1 aliphatic heterocycles. The minimum absolute atomic E-state index is 0.634. The molecule has 26 heavy (non-hydrogen) atoms. The summed E-state index contributed by atoms with van der Waals surface area (Å²) in [5.41, 5.74) is 1.71. The molecular weight excluding hydrogens is 328 g/mol. The van der Waals surface area contributed by atoms with Gasteiger partial charge in [-0.3, -0.25) is 0 Å². The van der Waals surface area contributed by atoms with E-state index in [0.29, 0.717) is 24.9 Å². The van der Waals surface area contributed by atoms with Gasteiger partial charge in [0.2, 0.25) is 0 Å². The lowest BCUT2D eigenvalue weighted by molar-refractivity contribution is 0.122. The third-order valence-electron chi connectivity index (χ3n) is 4.08. The second-order valence-corrected chi connectivity index (χ2v) is 5.74. The summed E-state index contributed by atoms with van der Waals surface area (Å²) in [4.78, 5) is 16.1. The number of morpholine rings is 1. The average Bonchev–Trinajstić information content (AvgIpc) is 2.69. The molecule has 136 valence electrons. The van der Waals surface area contributed by atoms with E-state index in [4.69, 9.17) is 9.72 Å². The third-order valence-corrected chi connectivity index (χ3v) is 4.08. The molecule has 7 nitrogen and oxygen atoms in total. The zero-order valence-electron chi connectivity index (χ0n) is 15.0. The van der Waals surface area contributed by atoms with Gasteiger partial charge in [-0.25, -0.2) is 15.0 Å². The number of nitrogens with one attached hydrogen (secondary N) is 2. The lowest BCUT2D eigenvalue weighted by Gasteiger charge is -2.28. The van der Waals surface area contributed by atoms with Gasteiger partial charge in [-0.15, -0.1) is 0 Å². The van der Waals surface area contributed by atoms with Crippen molar-refractivity contribution < 1.29 is 4.74 Å². The first kappa shape index (κ1) is 17.9. The zero-order valence-corrected chi connectivity index (χ0v) is 15.0. The largest absolute Gasteiger partial charge is 0.378 e. The molecule has 0 aromatic carbocycles. The highest BCUT2D eigenvalue weighted by Crippen LogP contribution is 2.29. The van der Waals surface area contributed by atoms with Crippen molar-refractivity contribution in [3.8, 4) is 11.4 Å². The maximum Gasteiger partial charge on any atom is 0.164 e. The fourth-order valence-electron chi connectivity index (χ4n) is 2.87. The van der Waals surface area contributed by atoms with Gasteiger partial charge in [0, 0.05) is 43.0 Å². The Bertz CT molecular complexity index is 786. The van der Waals surface area contributed by atoms with Gasteiger partial charge in [-0.2, -0.15) is 0 Å². The summed E-state index contributed by atoms with van der Waals surface area (Å²) in [6, 6.07) is 3.88. The molecule has 3 heterocycles. The summed E-state index contributed by atoms with van der Waals surface area (Å²) < 4.78 is 5.45. The van der Waals surface area contributed by atoms with E-state index in [2.05, 4.69) is 38.7 Å². The van der Waals surface area contributed by atoms with Gasteiger partial charge in [-0.05, 0) is 19.2 Å². The molecule has 0 atom stereocenters. The second-order valence-electron chi connectivity index (χ2n) is 5.74.